The molecule has 0 fully saturated rings. The van der Waals surface area contributed by atoms with Gasteiger partial charge in [-0.25, -0.2) is 4.39 Å². The maximum absolute atomic E-state index is 13.9. The molecular weight excluding hydrogens is 237 g/mol. The summed E-state index contributed by atoms with van der Waals surface area (Å²) in [5.41, 5.74) is 5.29. The van der Waals surface area contributed by atoms with Crippen LogP contribution in [0.15, 0.2) is 42.1 Å². The Labute approximate surface area is 113 Å². The number of pyridine rings is 1. The van der Waals surface area contributed by atoms with Crippen molar-refractivity contribution in [2.75, 3.05) is 0 Å². The number of halogens is 1. The zero-order valence-electron chi connectivity index (χ0n) is 11.8. The van der Waals surface area contributed by atoms with Crippen LogP contribution in [0.3, 0.4) is 0 Å². The van der Waals surface area contributed by atoms with Gasteiger partial charge in [-0.2, -0.15) is 0 Å². The first kappa shape index (κ1) is 13.5. The second-order valence-corrected chi connectivity index (χ2v) is 5.07. The Bertz CT molecular complexity index is 637. The highest BCUT2D eigenvalue weighted by Crippen LogP contribution is 2.26. The Morgan fingerprint density at radius 1 is 1.05 bits per heavy atom. The molecule has 0 amide bonds. The van der Waals surface area contributed by atoms with Crippen molar-refractivity contribution in [1.29, 1.82) is 0 Å². The maximum atomic E-state index is 13.9. The number of hydrogen-bond acceptors (Lipinski definition) is 1. The van der Waals surface area contributed by atoms with E-state index in [9.17, 15) is 4.39 Å². The van der Waals surface area contributed by atoms with Gasteiger partial charge >= 0.3 is 0 Å². The van der Waals surface area contributed by atoms with E-state index < -0.39 is 0 Å². The van der Waals surface area contributed by atoms with E-state index in [1.165, 1.54) is 5.56 Å². The predicted octanol–water partition coefficient (Wildman–Crippen LogP) is 5.09. The van der Waals surface area contributed by atoms with E-state index in [1.54, 1.807) is 20.0 Å². The van der Waals surface area contributed by atoms with E-state index in [4.69, 9.17) is 0 Å². The average molecular weight is 255 g/mol. The van der Waals surface area contributed by atoms with Gasteiger partial charge < -0.3 is 0 Å². The van der Waals surface area contributed by atoms with Crippen LogP contribution in [-0.2, 0) is 0 Å². The van der Waals surface area contributed by atoms with Crippen molar-refractivity contribution in [3.05, 3.63) is 58.9 Å². The lowest BCUT2D eigenvalue weighted by atomic mass is 10.0. The van der Waals surface area contributed by atoms with Gasteiger partial charge in [0, 0.05) is 11.8 Å². The first-order valence-corrected chi connectivity index (χ1v) is 6.36. The molecule has 0 unspecified atom stereocenters. The van der Waals surface area contributed by atoms with Gasteiger partial charge in [-0.3, -0.25) is 4.98 Å². The third kappa shape index (κ3) is 2.90. The summed E-state index contributed by atoms with van der Waals surface area (Å²) in [4.78, 5) is 4.27. The Hall–Kier alpha value is -1.96. The van der Waals surface area contributed by atoms with Gasteiger partial charge in [0.15, 0.2) is 0 Å². The molecule has 0 saturated heterocycles. The third-order valence-electron chi connectivity index (χ3n) is 3.08. The molecule has 2 rings (SSSR count). The van der Waals surface area contributed by atoms with Crippen molar-refractivity contribution in [3.8, 4) is 11.1 Å². The number of benzene rings is 1. The standard InChI is InChI=1S/C17H18FN/c1-11(2)16(18)17-13(4)9-15(10-19-17)14-7-5-6-12(3)8-14/h5-10H,1-4H3. The number of aryl methyl sites for hydroxylation is 2. The van der Waals surface area contributed by atoms with Crippen molar-refractivity contribution in [2.24, 2.45) is 0 Å². The van der Waals surface area contributed by atoms with Crippen LogP contribution in [0, 0.1) is 13.8 Å². The highest BCUT2D eigenvalue weighted by molar-refractivity contribution is 5.68. The van der Waals surface area contributed by atoms with Gasteiger partial charge in [-0.15, -0.1) is 0 Å². The highest BCUT2D eigenvalue weighted by atomic mass is 19.1. The number of rotatable bonds is 2. The fraction of sp³-hybridized carbons (Fsp3) is 0.235. The van der Waals surface area contributed by atoms with E-state index in [1.807, 2.05) is 25.1 Å². The van der Waals surface area contributed by atoms with Crippen molar-refractivity contribution in [1.82, 2.24) is 4.98 Å². The molecule has 0 aliphatic rings. The lowest BCUT2D eigenvalue weighted by molar-refractivity contribution is 0.740. The molecular formula is C17H18FN. The molecule has 0 radical (unpaired) electrons. The lowest BCUT2D eigenvalue weighted by Crippen LogP contribution is -1.93. The summed E-state index contributed by atoms with van der Waals surface area (Å²) in [6, 6.07) is 10.2. The van der Waals surface area contributed by atoms with E-state index in [0.717, 1.165) is 16.7 Å². The molecule has 1 aromatic heterocycles. The monoisotopic (exact) mass is 255 g/mol. The zero-order chi connectivity index (χ0) is 14.0. The molecule has 1 nitrogen and oxygen atoms in total. The fourth-order valence-corrected chi connectivity index (χ4v) is 2.02. The number of aromatic nitrogens is 1. The molecule has 98 valence electrons. The molecule has 2 heteroatoms. The van der Waals surface area contributed by atoms with Gasteiger partial charge in [0.05, 0.1) is 0 Å². The molecule has 0 saturated carbocycles. The van der Waals surface area contributed by atoms with Crippen LogP contribution in [0.2, 0.25) is 0 Å². The molecule has 19 heavy (non-hydrogen) atoms. The molecule has 0 N–H and O–H groups in total. The summed E-state index contributed by atoms with van der Waals surface area (Å²) < 4.78 is 13.9. The molecule has 0 aliphatic carbocycles. The predicted molar refractivity (Wildman–Crippen MR) is 78.5 cm³/mol. The van der Waals surface area contributed by atoms with Gasteiger partial charge in [-0.05, 0) is 50.5 Å². The number of nitrogens with zero attached hydrogens (tertiary/aromatic N) is 1. The smallest absolute Gasteiger partial charge is 0.147 e. The first-order valence-electron chi connectivity index (χ1n) is 6.36. The minimum atomic E-state index is -0.228. The van der Waals surface area contributed by atoms with Crippen LogP contribution in [0.25, 0.3) is 17.0 Å². The normalized spacial score (nSPS) is 10.4. The third-order valence-corrected chi connectivity index (χ3v) is 3.08. The molecule has 1 heterocycles. The molecule has 0 atom stereocenters. The Kier molecular flexibility index (Phi) is 3.79. The largest absolute Gasteiger partial charge is 0.253 e. The molecule has 0 bridgehead atoms. The first-order chi connectivity index (χ1) is 8.99. The van der Waals surface area contributed by atoms with Crippen molar-refractivity contribution in [3.63, 3.8) is 0 Å². The van der Waals surface area contributed by atoms with E-state index >= 15 is 0 Å². The molecule has 1 aromatic carbocycles. The number of allylic oxidation sites excluding steroid dienone is 1. The van der Waals surface area contributed by atoms with E-state index in [0.29, 0.717) is 11.3 Å². The van der Waals surface area contributed by atoms with Crippen LogP contribution in [0.1, 0.15) is 30.7 Å². The Morgan fingerprint density at radius 2 is 1.79 bits per heavy atom. The van der Waals surface area contributed by atoms with Crippen LogP contribution >= 0.6 is 0 Å². The SMILES string of the molecule is CC(C)=C(F)c1ncc(-c2cccc(C)c2)cc1C. The summed E-state index contributed by atoms with van der Waals surface area (Å²) >= 11 is 0. The van der Waals surface area contributed by atoms with Gasteiger partial charge in [0.25, 0.3) is 0 Å². The van der Waals surface area contributed by atoms with Crippen LogP contribution in [-0.4, -0.2) is 4.98 Å². The quantitative estimate of drug-likeness (QED) is 0.728. The minimum absolute atomic E-state index is 0.228. The Balaban J connectivity index is 2.48. The molecule has 0 aliphatic heterocycles. The fourth-order valence-electron chi connectivity index (χ4n) is 2.02. The summed E-state index contributed by atoms with van der Waals surface area (Å²) in [5, 5.41) is 0. The second kappa shape index (κ2) is 5.35. The topological polar surface area (TPSA) is 12.9 Å². The minimum Gasteiger partial charge on any atom is -0.253 e. The van der Waals surface area contributed by atoms with Gasteiger partial charge in [0.1, 0.15) is 11.5 Å². The van der Waals surface area contributed by atoms with E-state index in [2.05, 4.69) is 24.0 Å². The maximum Gasteiger partial charge on any atom is 0.147 e. The zero-order valence-corrected chi connectivity index (χ0v) is 11.8. The number of hydrogen-bond donors (Lipinski definition) is 0. The van der Waals surface area contributed by atoms with Crippen LogP contribution in [0.5, 0.6) is 0 Å². The van der Waals surface area contributed by atoms with E-state index in [-0.39, 0.29) is 5.83 Å². The molecule has 0 spiro atoms. The average Bonchev–Trinajstić information content (AvgIpc) is 2.37. The summed E-state index contributed by atoms with van der Waals surface area (Å²) in [5.74, 6) is -0.228. The Morgan fingerprint density at radius 3 is 2.37 bits per heavy atom. The van der Waals surface area contributed by atoms with Crippen molar-refractivity contribution in [2.45, 2.75) is 27.7 Å². The van der Waals surface area contributed by atoms with Gasteiger partial charge in [0.2, 0.25) is 0 Å². The lowest BCUT2D eigenvalue weighted by Gasteiger charge is -2.08. The summed E-state index contributed by atoms with van der Waals surface area (Å²) in [6.07, 6.45) is 1.74. The highest BCUT2D eigenvalue weighted by Gasteiger charge is 2.09. The summed E-state index contributed by atoms with van der Waals surface area (Å²) in [7, 11) is 0. The molecule has 2 aromatic rings. The van der Waals surface area contributed by atoms with Gasteiger partial charge in [-0.1, -0.05) is 29.8 Å². The van der Waals surface area contributed by atoms with Crippen molar-refractivity contribution < 1.29 is 4.39 Å². The van der Waals surface area contributed by atoms with Crippen LogP contribution < -0.4 is 0 Å². The van der Waals surface area contributed by atoms with Crippen LogP contribution in [0.4, 0.5) is 4.39 Å². The second-order valence-electron chi connectivity index (χ2n) is 5.07. The van der Waals surface area contributed by atoms with Crippen molar-refractivity contribution >= 4 is 5.83 Å². The summed E-state index contributed by atoms with van der Waals surface area (Å²) in [6.45, 7) is 7.46.